The van der Waals surface area contributed by atoms with Gasteiger partial charge in [0.25, 0.3) is 0 Å². The molecule has 0 unspecified atom stereocenters. The third kappa shape index (κ3) is 5.69. The molecule has 0 bridgehead atoms. The lowest BCUT2D eigenvalue weighted by Gasteiger charge is -2.22. The smallest absolute Gasteiger partial charge is 0.222 e. The van der Waals surface area contributed by atoms with E-state index in [1.165, 1.54) is 0 Å². The lowest BCUT2D eigenvalue weighted by Crippen LogP contribution is -2.33. The van der Waals surface area contributed by atoms with E-state index < -0.39 is 0 Å². The fraction of sp³-hybridized carbons (Fsp3) is 0.818. The minimum atomic E-state index is -0.0378. The highest BCUT2D eigenvalue weighted by Crippen LogP contribution is 2.07. The highest BCUT2D eigenvalue weighted by Gasteiger charge is 2.13. The molecule has 5 nitrogen and oxygen atoms in total. The van der Waals surface area contributed by atoms with Gasteiger partial charge in [-0.05, 0) is 25.9 Å². The van der Waals surface area contributed by atoms with E-state index in [2.05, 4.69) is 10.6 Å². The second-order valence-corrected chi connectivity index (χ2v) is 3.83. The van der Waals surface area contributed by atoms with Crippen molar-refractivity contribution in [1.29, 1.82) is 5.26 Å². The maximum atomic E-state index is 11.2. The minimum absolute atomic E-state index is 0.0378. The summed E-state index contributed by atoms with van der Waals surface area (Å²) in [6, 6.07) is 1.98. The van der Waals surface area contributed by atoms with Gasteiger partial charge >= 0.3 is 0 Å². The zero-order chi connectivity index (χ0) is 11.6. The largest absolute Gasteiger partial charge is 0.378 e. The maximum absolute atomic E-state index is 11.2. The Labute approximate surface area is 96.2 Å². The monoisotopic (exact) mass is 225 g/mol. The van der Waals surface area contributed by atoms with Crippen LogP contribution < -0.4 is 10.6 Å². The zero-order valence-corrected chi connectivity index (χ0v) is 9.50. The number of amides is 1. The van der Waals surface area contributed by atoms with Crippen molar-refractivity contribution in [2.45, 2.75) is 31.8 Å². The number of ether oxygens (including phenoxy) is 1. The Morgan fingerprint density at radius 2 is 2.25 bits per heavy atom. The summed E-state index contributed by atoms with van der Waals surface area (Å²) in [6.45, 7) is 2.91. The van der Waals surface area contributed by atoms with Gasteiger partial charge in [0.1, 0.15) is 0 Å². The Kier molecular flexibility index (Phi) is 6.54. The van der Waals surface area contributed by atoms with Crippen molar-refractivity contribution in [1.82, 2.24) is 10.6 Å². The van der Waals surface area contributed by atoms with Crippen LogP contribution >= 0.6 is 0 Å². The third-order valence-electron chi connectivity index (χ3n) is 2.53. The van der Waals surface area contributed by atoms with Crippen LogP contribution in [0.15, 0.2) is 0 Å². The summed E-state index contributed by atoms with van der Waals surface area (Å²) in [4.78, 5) is 11.2. The summed E-state index contributed by atoms with van der Waals surface area (Å²) in [7, 11) is 0. The number of hydrogen-bond donors (Lipinski definition) is 2. The van der Waals surface area contributed by atoms with Crippen LogP contribution in [-0.4, -0.2) is 38.3 Å². The van der Waals surface area contributed by atoms with Crippen LogP contribution in [0.1, 0.15) is 25.7 Å². The quantitative estimate of drug-likeness (QED) is 0.632. The van der Waals surface area contributed by atoms with Gasteiger partial charge in [-0.1, -0.05) is 0 Å². The highest BCUT2D eigenvalue weighted by molar-refractivity contribution is 5.75. The van der Waals surface area contributed by atoms with Gasteiger partial charge < -0.3 is 15.4 Å². The molecule has 0 atom stereocenters. The van der Waals surface area contributed by atoms with Gasteiger partial charge in [0.15, 0.2) is 0 Å². The second-order valence-electron chi connectivity index (χ2n) is 3.83. The van der Waals surface area contributed by atoms with Crippen molar-refractivity contribution >= 4 is 5.91 Å². The molecule has 16 heavy (non-hydrogen) atoms. The average Bonchev–Trinajstić information content (AvgIpc) is 2.31. The van der Waals surface area contributed by atoms with Gasteiger partial charge in [0.05, 0.1) is 25.2 Å². The van der Waals surface area contributed by atoms with Gasteiger partial charge in [-0.15, -0.1) is 0 Å². The predicted molar refractivity (Wildman–Crippen MR) is 59.7 cm³/mol. The lowest BCUT2D eigenvalue weighted by atomic mass is 10.1. The Balaban J connectivity index is 1.97. The van der Waals surface area contributed by atoms with Crippen molar-refractivity contribution in [3.8, 4) is 6.07 Å². The SMILES string of the molecule is N#CCCNC(=O)CCOC1CCNCC1. The number of carbonyl (C=O) groups is 1. The van der Waals surface area contributed by atoms with Gasteiger partial charge in [-0.2, -0.15) is 5.26 Å². The van der Waals surface area contributed by atoms with Crippen LogP contribution in [0.2, 0.25) is 0 Å². The normalized spacial score (nSPS) is 16.7. The fourth-order valence-corrected chi connectivity index (χ4v) is 1.63. The number of nitrogens with one attached hydrogen (secondary N) is 2. The molecule has 0 aromatic heterocycles. The van der Waals surface area contributed by atoms with E-state index in [0.29, 0.717) is 32.1 Å². The number of carbonyl (C=O) groups excluding carboxylic acids is 1. The van der Waals surface area contributed by atoms with Gasteiger partial charge in [0, 0.05) is 13.0 Å². The number of nitriles is 1. The molecule has 1 aliphatic heterocycles. The van der Waals surface area contributed by atoms with E-state index in [0.717, 1.165) is 25.9 Å². The fourth-order valence-electron chi connectivity index (χ4n) is 1.63. The van der Waals surface area contributed by atoms with Crippen LogP contribution in [0.3, 0.4) is 0 Å². The standard InChI is InChI=1S/C11H19N3O2/c12-5-1-6-14-11(15)4-9-16-10-2-7-13-8-3-10/h10,13H,1-4,6-9H2,(H,14,15). The molecule has 1 rings (SSSR count). The van der Waals surface area contributed by atoms with E-state index in [-0.39, 0.29) is 5.91 Å². The summed E-state index contributed by atoms with van der Waals surface area (Å²) >= 11 is 0. The van der Waals surface area contributed by atoms with Crippen molar-refractivity contribution in [3.05, 3.63) is 0 Å². The van der Waals surface area contributed by atoms with Crippen molar-refractivity contribution in [2.75, 3.05) is 26.2 Å². The first-order valence-electron chi connectivity index (χ1n) is 5.79. The van der Waals surface area contributed by atoms with E-state index >= 15 is 0 Å². The molecule has 0 saturated carbocycles. The summed E-state index contributed by atoms with van der Waals surface area (Å²) in [5.41, 5.74) is 0. The highest BCUT2D eigenvalue weighted by atomic mass is 16.5. The predicted octanol–water partition coefficient (Wildman–Crippen LogP) is 0.175. The number of piperidine rings is 1. The molecular weight excluding hydrogens is 206 g/mol. The molecule has 2 N–H and O–H groups in total. The summed E-state index contributed by atoms with van der Waals surface area (Å²) in [5.74, 6) is -0.0378. The molecule has 0 aromatic carbocycles. The van der Waals surface area contributed by atoms with Gasteiger partial charge in [-0.3, -0.25) is 4.79 Å². The molecule has 0 spiro atoms. The van der Waals surface area contributed by atoms with Crippen molar-refractivity contribution in [3.63, 3.8) is 0 Å². The molecule has 1 heterocycles. The molecule has 1 saturated heterocycles. The topological polar surface area (TPSA) is 74.2 Å². The van der Waals surface area contributed by atoms with E-state index in [1.54, 1.807) is 0 Å². The molecule has 5 heteroatoms. The molecule has 1 amide bonds. The van der Waals surface area contributed by atoms with E-state index in [4.69, 9.17) is 10.00 Å². The van der Waals surface area contributed by atoms with Crippen LogP contribution in [-0.2, 0) is 9.53 Å². The first-order valence-corrected chi connectivity index (χ1v) is 5.79. The number of hydrogen-bond acceptors (Lipinski definition) is 4. The van der Waals surface area contributed by atoms with Gasteiger partial charge in [0.2, 0.25) is 5.91 Å². The molecule has 1 aliphatic rings. The van der Waals surface area contributed by atoms with Crippen molar-refractivity contribution < 1.29 is 9.53 Å². The summed E-state index contributed by atoms with van der Waals surface area (Å²) in [6.07, 6.45) is 3.09. The number of rotatable bonds is 6. The Morgan fingerprint density at radius 1 is 1.50 bits per heavy atom. The second kappa shape index (κ2) is 8.08. The molecule has 90 valence electrons. The van der Waals surface area contributed by atoms with Crippen LogP contribution in [0.25, 0.3) is 0 Å². The van der Waals surface area contributed by atoms with Crippen LogP contribution in [0, 0.1) is 11.3 Å². The van der Waals surface area contributed by atoms with E-state index in [1.807, 2.05) is 6.07 Å². The molecule has 0 aliphatic carbocycles. The lowest BCUT2D eigenvalue weighted by molar-refractivity contribution is -0.122. The number of nitrogens with zero attached hydrogens (tertiary/aromatic N) is 1. The first kappa shape index (κ1) is 12.9. The third-order valence-corrected chi connectivity index (χ3v) is 2.53. The average molecular weight is 225 g/mol. The Morgan fingerprint density at radius 3 is 2.94 bits per heavy atom. The van der Waals surface area contributed by atoms with Crippen LogP contribution in [0.5, 0.6) is 0 Å². The maximum Gasteiger partial charge on any atom is 0.222 e. The molecular formula is C11H19N3O2. The Bertz CT molecular complexity index is 244. The van der Waals surface area contributed by atoms with Crippen LogP contribution in [0.4, 0.5) is 0 Å². The molecule has 0 aromatic rings. The van der Waals surface area contributed by atoms with E-state index in [9.17, 15) is 4.79 Å². The molecule has 0 radical (unpaired) electrons. The molecule has 1 fully saturated rings. The van der Waals surface area contributed by atoms with Crippen molar-refractivity contribution in [2.24, 2.45) is 0 Å². The summed E-state index contributed by atoms with van der Waals surface area (Å²) in [5, 5.41) is 14.2. The Hall–Kier alpha value is -1.12. The first-order chi connectivity index (χ1) is 7.83. The van der Waals surface area contributed by atoms with Gasteiger partial charge in [-0.25, -0.2) is 0 Å². The minimum Gasteiger partial charge on any atom is -0.378 e. The zero-order valence-electron chi connectivity index (χ0n) is 9.50. The summed E-state index contributed by atoms with van der Waals surface area (Å²) < 4.78 is 5.59.